The Kier molecular flexibility index (Phi) is 4.33. The van der Waals surface area contributed by atoms with Crippen LogP contribution in [0.1, 0.15) is 35.7 Å². The molecule has 1 atom stereocenters. The summed E-state index contributed by atoms with van der Waals surface area (Å²) in [7, 11) is -3.65. The molecule has 1 fully saturated rings. The zero-order valence-electron chi connectivity index (χ0n) is 17.1. The van der Waals surface area contributed by atoms with Gasteiger partial charge in [0.15, 0.2) is 21.5 Å². The zero-order valence-corrected chi connectivity index (χ0v) is 17.9. The van der Waals surface area contributed by atoms with Gasteiger partial charge >= 0.3 is 0 Å². The number of benzene rings is 1. The molecule has 2 aliphatic rings. The number of aromatic nitrogens is 5. The first-order valence-electron chi connectivity index (χ1n) is 9.90. The summed E-state index contributed by atoms with van der Waals surface area (Å²) in [5.41, 5.74) is 7.85. The Labute approximate surface area is 179 Å². The molecule has 11 heteroatoms. The first kappa shape index (κ1) is 19.6. The molecule has 3 heterocycles. The van der Waals surface area contributed by atoms with Gasteiger partial charge < -0.3 is 10.6 Å². The second-order valence-electron chi connectivity index (χ2n) is 8.10. The molecule has 1 aliphatic carbocycles. The van der Waals surface area contributed by atoms with E-state index in [1.54, 1.807) is 4.90 Å². The number of sulfone groups is 1. The van der Waals surface area contributed by atoms with Crippen LogP contribution in [-0.2, 0) is 16.4 Å². The van der Waals surface area contributed by atoms with E-state index in [9.17, 15) is 13.2 Å². The number of hydrogen-bond acceptors (Lipinski definition) is 8. The van der Waals surface area contributed by atoms with Gasteiger partial charge in [-0.25, -0.2) is 23.4 Å². The van der Waals surface area contributed by atoms with Gasteiger partial charge in [0.05, 0.1) is 22.3 Å². The summed E-state index contributed by atoms with van der Waals surface area (Å²) in [6.45, 7) is 2.40. The SMILES string of the molecule is CC(C1CC1)N1Cc2cc(-c3cnc(N)c(-n4cncn4)n3)cc(S(C)(=O)=O)c2C1=O. The van der Waals surface area contributed by atoms with Crippen LogP contribution in [-0.4, -0.2) is 56.3 Å². The summed E-state index contributed by atoms with van der Waals surface area (Å²) in [4.78, 5) is 27.5. The minimum Gasteiger partial charge on any atom is -0.381 e. The smallest absolute Gasteiger partial charge is 0.256 e. The van der Waals surface area contributed by atoms with Crippen molar-refractivity contribution < 1.29 is 13.2 Å². The molecule has 1 unspecified atom stereocenters. The summed E-state index contributed by atoms with van der Waals surface area (Å²) in [5, 5.41) is 4.03. The Balaban J connectivity index is 1.64. The van der Waals surface area contributed by atoms with Crippen molar-refractivity contribution in [2.75, 3.05) is 12.0 Å². The maximum absolute atomic E-state index is 13.1. The van der Waals surface area contributed by atoms with E-state index < -0.39 is 9.84 Å². The Hall–Kier alpha value is -3.34. The minimum atomic E-state index is -3.65. The van der Waals surface area contributed by atoms with Crippen molar-refractivity contribution in [3.05, 3.63) is 42.1 Å². The average molecular weight is 440 g/mol. The van der Waals surface area contributed by atoms with Gasteiger partial charge in [0, 0.05) is 24.4 Å². The summed E-state index contributed by atoms with van der Waals surface area (Å²) in [6, 6.07) is 3.38. The van der Waals surface area contributed by atoms with Crippen molar-refractivity contribution in [2.24, 2.45) is 5.92 Å². The van der Waals surface area contributed by atoms with Crippen molar-refractivity contribution in [1.82, 2.24) is 29.6 Å². The lowest BCUT2D eigenvalue weighted by Gasteiger charge is -2.24. The van der Waals surface area contributed by atoms with Crippen molar-refractivity contribution in [3.8, 4) is 17.1 Å². The third-order valence-corrected chi connectivity index (χ3v) is 7.03. The quantitative estimate of drug-likeness (QED) is 0.631. The lowest BCUT2D eigenvalue weighted by Crippen LogP contribution is -2.35. The molecule has 2 N–H and O–H groups in total. The Bertz CT molecular complexity index is 1300. The van der Waals surface area contributed by atoms with Crippen LogP contribution in [0.2, 0.25) is 0 Å². The standard InChI is InChI=1S/C20H21N7O3S/c1-11(12-3-4-12)26-8-14-5-13(6-16(31(2,29)30)17(14)20(26)28)15-7-23-18(21)19(25-15)27-10-22-9-24-27/h5-7,9-12H,3-4,8H2,1-2H3,(H2,21,23). The van der Waals surface area contributed by atoms with Gasteiger partial charge in [-0.05, 0) is 43.4 Å². The van der Waals surface area contributed by atoms with E-state index >= 15 is 0 Å². The number of amides is 1. The number of fused-ring (bicyclic) bond motifs is 1. The molecule has 160 valence electrons. The second kappa shape index (κ2) is 6.84. The average Bonchev–Trinajstić information content (AvgIpc) is 3.33. The predicted molar refractivity (Wildman–Crippen MR) is 112 cm³/mol. The fourth-order valence-corrected chi connectivity index (χ4v) is 4.99. The second-order valence-corrected chi connectivity index (χ2v) is 10.1. The summed E-state index contributed by atoms with van der Waals surface area (Å²) in [5.74, 6) is 0.704. The highest BCUT2D eigenvalue weighted by atomic mass is 32.2. The minimum absolute atomic E-state index is 0.0106. The first-order valence-corrected chi connectivity index (χ1v) is 11.8. The van der Waals surface area contributed by atoms with E-state index in [-0.39, 0.29) is 34.0 Å². The highest BCUT2D eigenvalue weighted by Gasteiger charge is 2.40. The maximum atomic E-state index is 13.1. The van der Waals surface area contributed by atoms with Gasteiger partial charge in [-0.3, -0.25) is 4.79 Å². The predicted octanol–water partition coefficient (Wildman–Crippen LogP) is 1.46. The van der Waals surface area contributed by atoms with Gasteiger partial charge in [0.2, 0.25) is 0 Å². The van der Waals surface area contributed by atoms with E-state index in [2.05, 4.69) is 20.1 Å². The van der Waals surface area contributed by atoms with Gasteiger partial charge in [-0.15, -0.1) is 0 Å². The highest BCUT2D eigenvalue weighted by molar-refractivity contribution is 7.90. The van der Waals surface area contributed by atoms with Gasteiger partial charge in [0.1, 0.15) is 12.7 Å². The maximum Gasteiger partial charge on any atom is 0.256 e. The molecule has 3 aromatic rings. The molecule has 0 spiro atoms. The third-order valence-electron chi connectivity index (χ3n) is 5.91. The van der Waals surface area contributed by atoms with Crippen LogP contribution in [0.3, 0.4) is 0 Å². The molecule has 1 aromatic carbocycles. The fraction of sp³-hybridized carbons (Fsp3) is 0.350. The number of nitrogens with two attached hydrogens (primary N) is 1. The number of hydrogen-bond donors (Lipinski definition) is 1. The van der Waals surface area contributed by atoms with E-state index in [1.165, 1.54) is 29.6 Å². The molecular formula is C20H21N7O3S. The van der Waals surface area contributed by atoms with Crippen molar-refractivity contribution in [3.63, 3.8) is 0 Å². The Morgan fingerprint density at radius 1 is 1.26 bits per heavy atom. The molecule has 0 radical (unpaired) electrons. The van der Waals surface area contributed by atoms with Crippen LogP contribution in [0.5, 0.6) is 0 Å². The number of nitrogens with zero attached hydrogens (tertiary/aromatic N) is 6. The topological polar surface area (TPSA) is 137 Å². The number of carbonyl (C=O) groups is 1. The summed E-state index contributed by atoms with van der Waals surface area (Å²) >= 11 is 0. The molecule has 1 aliphatic heterocycles. The Morgan fingerprint density at radius 3 is 2.68 bits per heavy atom. The number of carbonyl (C=O) groups excluding carboxylic acids is 1. The van der Waals surface area contributed by atoms with Crippen LogP contribution in [0.15, 0.2) is 35.9 Å². The van der Waals surface area contributed by atoms with E-state index in [0.29, 0.717) is 29.3 Å². The molecule has 31 heavy (non-hydrogen) atoms. The molecule has 1 saturated carbocycles. The normalized spacial score (nSPS) is 17.1. The number of anilines is 1. The lowest BCUT2D eigenvalue weighted by molar-refractivity contribution is 0.0694. The number of nitrogen functional groups attached to an aromatic ring is 1. The molecular weight excluding hydrogens is 418 g/mol. The van der Waals surface area contributed by atoms with Crippen LogP contribution in [0.4, 0.5) is 5.82 Å². The Morgan fingerprint density at radius 2 is 2.03 bits per heavy atom. The molecule has 2 aromatic heterocycles. The van der Waals surface area contributed by atoms with Crippen LogP contribution in [0, 0.1) is 5.92 Å². The largest absolute Gasteiger partial charge is 0.381 e. The van der Waals surface area contributed by atoms with Gasteiger partial charge in [-0.2, -0.15) is 9.78 Å². The monoisotopic (exact) mass is 439 g/mol. The molecule has 0 saturated heterocycles. The third kappa shape index (κ3) is 3.34. The lowest BCUT2D eigenvalue weighted by atomic mass is 10.0. The molecule has 5 rings (SSSR count). The van der Waals surface area contributed by atoms with Gasteiger partial charge in [0.25, 0.3) is 5.91 Å². The van der Waals surface area contributed by atoms with Crippen LogP contribution in [0.25, 0.3) is 17.1 Å². The van der Waals surface area contributed by atoms with Crippen LogP contribution < -0.4 is 5.73 Å². The van der Waals surface area contributed by atoms with E-state index in [4.69, 9.17) is 5.73 Å². The van der Waals surface area contributed by atoms with Crippen molar-refractivity contribution in [1.29, 1.82) is 0 Å². The fourth-order valence-electron chi connectivity index (χ4n) is 4.06. The van der Waals surface area contributed by atoms with E-state index in [1.807, 2.05) is 13.0 Å². The van der Waals surface area contributed by atoms with E-state index in [0.717, 1.165) is 19.1 Å². The van der Waals surface area contributed by atoms with Gasteiger partial charge in [-0.1, -0.05) is 0 Å². The van der Waals surface area contributed by atoms with Crippen molar-refractivity contribution >= 4 is 21.6 Å². The highest BCUT2D eigenvalue weighted by Crippen LogP contribution is 2.40. The van der Waals surface area contributed by atoms with Crippen LogP contribution >= 0.6 is 0 Å². The summed E-state index contributed by atoms with van der Waals surface area (Å²) in [6.07, 6.45) is 7.58. The zero-order chi connectivity index (χ0) is 21.9. The first-order chi connectivity index (χ1) is 14.7. The molecule has 0 bridgehead atoms. The summed E-state index contributed by atoms with van der Waals surface area (Å²) < 4.78 is 26.6. The molecule has 1 amide bonds. The van der Waals surface area contributed by atoms with Crippen molar-refractivity contribution in [2.45, 2.75) is 37.2 Å². The number of rotatable bonds is 5. The molecule has 10 nitrogen and oxygen atoms in total.